The zero-order valence-corrected chi connectivity index (χ0v) is 67.6. The van der Waals surface area contributed by atoms with E-state index in [-0.39, 0.29) is 80.4 Å². The van der Waals surface area contributed by atoms with Gasteiger partial charge in [0.1, 0.15) is 5.82 Å². The quantitative estimate of drug-likeness (QED) is 0.107. The maximum absolute atomic E-state index is 4.55. The molecule has 16 rings (SSSR count). The largest absolute Gasteiger partial charge is 0.316 e. The molecule has 7 aromatic heterocycles. The molecule has 0 amide bonds. The van der Waals surface area contributed by atoms with Crippen molar-refractivity contribution >= 4 is 0 Å². The molecule has 0 spiro atoms. The predicted octanol–water partition coefficient (Wildman–Crippen LogP) is 18.2. The maximum atomic E-state index is 4.55. The van der Waals surface area contributed by atoms with Crippen molar-refractivity contribution in [3.63, 3.8) is 0 Å². The van der Waals surface area contributed by atoms with Crippen LogP contribution in [0.4, 0.5) is 0 Å². The van der Waals surface area contributed by atoms with Crippen molar-refractivity contribution in [2.45, 2.75) is 55.4 Å². The van der Waals surface area contributed by atoms with E-state index in [0.717, 1.165) is 125 Å². The average molecular weight is 2070 g/mol. The van der Waals surface area contributed by atoms with Gasteiger partial charge < -0.3 is 18.3 Å². The molecule has 0 saturated carbocycles. The second kappa shape index (κ2) is 36.6. The molecule has 0 N–H and O–H groups in total. The number of pyridine rings is 3. The van der Waals surface area contributed by atoms with E-state index >= 15 is 0 Å². The molecular formula is C85H69Ir4N15-4. The van der Waals surface area contributed by atoms with Crippen molar-refractivity contribution in [3.05, 3.63) is 342 Å². The van der Waals surface area contributed by atoms with Crippen LogP contribution >= 0.6 is 0 Å². The summed E-state index contributed by atoms with van der Waals surface area (Å²) in [6.45, 7) is 16.8. The van der Waals surface area contributed by atoms with E-state index in [2.05, 4.69) is 229 Å². The van der Waals surface area contributed by atoms with Crippen molar-refractivity contribution in [2.24, 2.45) is 0 Å². The fourth-order valence-electron chi connectivity index (χ4n) is 12.3. The van der Waals surface area contributed by atoms with E-state index in [1.165, 1.54) is 33.4 Å². The van der Waals surface area contributed by atoms with Crippen LogP contribution < -0.4 is 0 Å². The van der Waals surface area contributed by atoms with Gasteiger partial charge in [-0.2, -0.15) is 20.4 Å². The fraction of sp³-hybridized carbons (Fsp3) is 0.0941. The number of benzene rings is 9. The fourth-order valence-corrected chi connectivity index (χ4v) is 12.3. The van der Waals surface area contributed by atoms with Gasteiger partial charge in [0.15, 0.2) is 23.3 Å². The Morgan fingerprint density at radius 3 is 0.846 bits per heavy atom. The second-order valence-corrected chi connectivity index (χ2v) is 23.8. The third-order valence-corrected chi connectivity index (χ3v) is 17.0. The third-order valence-electron chi connectivity index (χ3n) is 17.0. The summed E-state index contributed by atoms with van der Waals surface area (Å²) in [7, 11) is 0. The number of hydrogen-bond donors (Lipinski definition) is 0. The Balaban J connectivity index is 0.000000159. The Morgan fingerprint density at radius 1 is 0.231 bits per heavy atom. The van der Waals surface area contributed by atoms with E-state index in [1.54, 1.807) is 24.8 Å². The van der Waals surface area contributed by atoms with Gasteiger partial charge in [-0.1, -0.05) is 97.1 Å². The van der Waals surface area contributed by atoms with Crippen LogP contribution in [0.15, 0.2) is 274 Å². The molecule has 19 heteroatoms. The summed E-state index contributed by atoms with van der Waals surface area (Å²) in [6.07, 6.45) is 8.93. The average Bonchev–Trinajstić information content (AvgIpc) is 1.65. The smallest absolute Gasteiger partial charge is 0.161 e. The molecule has 16 aromatic rings. The standard InChI is InChI=1S/C22H18N3.3C21H17N4.4Ir/c1-16-10-9-11-17(2)20(16)22-24-23-21(18-12-5-3-6-13-18)25(22)19-14-7-4-8-15-19;1-15-8-6-9-16(2)19(15)21-24-23-20(17-10-4-3-5-11-17)25(21)18-12-7-13-22-14-18;1-15-9-8-10-16(2)19(15)21-24-23-20(17-11-4-3-5-12-17)25(21)18-13-6-7-14-22-18;1-15-7-6-8-16(2)19(15)21-24-23-20(17-9-4-3-5-10-17)25(21)18-11-13-22-14-12-18;;;;/h3-12,14-15H,1-2H3;3-10,12-14H,1-2H3;3-11,13-14H,1-2H3;3-9,11-14H,1-2H3;;;;/q4*-1;;;;. The summed E-state index contributed by atoms with van der Waals surface area (Å²) in [5.74, 6) is 7.13. The molecular weight excluding hydrogens is 2000 g/mol. The first-order valence-corrected chi connectivity index (χ1v) is 32.8. The molecule has 0 saturated heterocycles. The van der Waals surface area contributed by atoms with Crippen molar-refractivity contribution in [2.75, 3.05) is 0 Å². The Bertz CT molecular complexity index is 4640. The van der Waals surface area contributed by atoms with Crippen LogP contribution in [0.3, 0.4) is 0 Å². The minimum atomic E-state index is 0. The molecule has 4 radical (unpaired) electrons. The van der Waals surface area contributed by atoms with Crippen LogP contribution in [0.2, 0.25) is 0 Å². The summed E-state index contributed by atoms with van der Waals surface area (Å²) in [6, 6.07) is 93.2. The molecule has 0 aliphatic rings. The number of para-hydroxylation sites is 1. The van der Waals surface area contributed by atoms with E-state index in [1.807, 2.05) is 173 Å². The van der Waals surface area contributed by atoms with Gasteiger partial charge in [-0.3, -0.25) is 9.97 Å². The maximum Gasteiger partial charge on any atom is 0.161 e. The monoisotopic (exact) mass is 2070 g/mol. The Hall–Kier alpha value is -10.4. The van der Waals surface area contributed by atoms with Crippen LogP contribution in [-0.2, 0) is 80.4 Å². The number of rotatable bonds is 12. The van der Waals surface area contributed by atoms with Gasteiger partial charge in [0, 0.05) is 139 Å². The van der Waals surface area contributed by atoms with Gasteiger partial charge in [-0.25, -0.2) is 4.98 Å². The molecule has 0 aliphatic heterocycles. The van der Waals surface area contributed by atoms with Crippen LogP contribution in [0.5, 0.6) is 0 Å². The Kier molecular flexibility index (Phi) is 27.4. The van der Waals surface area contributed by atoms with Gasteiger partial charge in [0.25, 0.3) is 0 Å². The molecule has 524 valence electrons. The first-order valence-electron chi connectivity index (χ1n) is 32.8. The van der Waals surface area contributed by atoms with Gasteiger partial charge in [0.2, 0.25) is 0 Å². The van der Waals surface area contributed by atoms with Crippen LogP contribution in [0.1, 0.15) is 44.5 Å². The molecule has 0 bridgehead atoms. The Morgan fingerprint density at radius 2 is 0.529 bits per heavy atom. The first-order chi connectivity index (χ1) is 49.0. The summed E-state index contributed by atoms with van der Waals surface area (Å²) in [5.41, 5.74) is 20.4. The van der Waals surface area contributed by atoms with E-state index in [0.29, 0.717) is 0 Å². The van der Waals surface area contributed by atoms with Crippen molar-refractivity contribution in [1.29, 1.82) is 0 Å². The molecule has 15 nitrogen and oxygen atoms in total. The molecule has 0 atom stereocenters. The van der Waals surface area contributed by atoms with Crippen LogP contribution in [-0.4, -0.2) is 74.0 Å². The second-order valence-electron chi connectivity index (χ2n) is 23.8. The van der Waals surface area contributed by atoms with Gasteiger partial charge >= 0.3 is 0 Å². The normalized spacial score (nSPS) is 10.4. The van der Waals surface area contributed by atoms with E-state index in [4.69, 9.17) is 0 Å². The Labute approximate surface area is 660 Å². The summed E-state index contributed by atoms with van der Waals surface area (Å²) in [4.78, 5) is 12.9. The number of aryl methyl sites for hydroxylation is 8. The summed E-state index contributed by atoms with van der Waals surface area (Å²) in [5, 5.41) is 36.1. The molecule has 104 heavy (non-hydrogen) atoms. The third kappa shape index (κ3) is 17.1. The topological polar surface area (TPSA) is 162 Å². The van der Waals surface area contributed by atoms with E-state index < -0.39 is 0 Å². The van der Waals surface area contributed by atoms with Crippen molar-refractivity contribution in [1.82, 2.24) is 74.0 Å². The predicted molar refractivity (Wildman–Crippen MR) is 396 cm³/mol. The zero-order chi connectivity index (χ0) is 68.9. The molecule has 0 aliphatic carbocycles. The van der Waals surface area contributed by atoms with Crippen molar-refractivity contribution < 1.29 is 80.4 Å². The molecule has 7 heterocycles. The van der Waals surface area contributed by atoms with E-state index in [9.17, 15) is 0 Å². The first kappa shape index (κ1) is 77.7. The molecule has 0 fully saturated rings. The number of nitrogens with zero attached hydrogens (tertiary/aromatic N) is 15. The van der Waals surface area contributed by atoms with Gasteiger partial charge in [0.05, 0.1) is 35.2 Å². The number of aromatic nitrogens is 15. The van der Waals surface area contributed by atoms with Crippen LogP contribution in [0.25, 0.3) is 114 Å². The molecule has 9 aromatic carbocycles. The number of hydrogen-bond acceptors (Lipinski definition) is 11. The summed E-state index contributed by atoms with van der Waals surface area (Å²) >= 11 is 0. The molecule has 0 unspecified atom stereocenters. The van der Waals surface area contributed by atoms with Crippen LogP contribution in [0, 0.1) is 79.7 Å². The zero-order valence-electron chi connectivity index (χ0n) is 58.0. The van der Waals surface area contributed by atoms with Gasteiger partial charge in [-0.05, 0) is 148 Å². The summed E-state index contributed by atoms with van der Waals surface area (Å²) < 4.78 is 8.24. The van der Waals surface area contributed by atoms with Gasteiger partial charge in [-0.15, -0.1) is 164 Å². The SMILES string of the molecule is Cc1cccc(C)c1-c1nnc(-c2[c-]cccc2)n1-c1ccccc1.Cc1cccc(C)c1-c1nnc(-c2[c-]cccc2)n1-c1ccccn1.Cc1cccc(C)c1-c1nnc(-c2[c-]cccc2)n1-c1cccnc1.Cc1cccc(C)c1-c1nnc(-c2[c-]cccc2)n1-c1ccncc1.[Ir].[Ir].[Ir].[Ir]. The van der Waals surface area contributed by atoms with Crippen molar-refractivity contribution in [3.8, 4) is 114 Å². The minimum Gasteiger partial charge on any atom is -0.316 e. The minimum absolute atomic E-state index is 0.